The van der Waals surface area contributed by atoms with Crippen molar-refractivity contribution in [1.82, 2.24) is 9.97 Å². The van der Waals surface area contributed by atoms with Gasteiger partial charge in [0.15, 0.2) is 0 Å². The van der Waals surface area contributed by atoms with Crippen LogP contribution in [-0.4, -0.2) is 16.0 Å². The fourth-order valence-electron chi connectivity index (χ4n) is 2.95. The third-order valence-electron chi connectivity index (χ3n) is 4.38. The molecule has 0 radical (unpaired) electrons. The van der Waals surface area contributed by atoms with Crippen molar-refractivity contribution in [1.29, 1.82) is 0 Å². The minimum Gasteiger partial charge on any atom is -0.383 e. The predicted octanol–water partition coefficient (Wildman–Crippen LogP) is 6.26. The average Bonchev–Trinajstić information content (AvgIpc) is 3.15. The van der Waals surface area contributed by atoms with Gasteiger partial charge in [-0.1, -0.05) is 23.7 Å². The van der Waals surface area contributed by atoms with Crippen molar-refractivity contribution in [2.24, 2.45) is 0 Å². The molecule has 0 fully saturated rings. The molecule has 6 nitrogen and oxygen atoms in total. The molecule has 4 rings (SSSR count). The maximum atomic E-state index is 12.8. The molecular weight excluding hydrogens is 451 g/mol. The predicted molar refractivity (Wildman–Crippen MR) is 116 cm³/mol. The number of amides is 2. The van der Waals surface area contributed by atoms with E-state index in [0.29, 0.717) is 16.9 Å². The highest BCUT2D eigenvalue weighted by molar-refractivity contribution is 7.17. The van der Waals surface area contributed by atoms with Gasteiger partial charge in [0.1, 0.15) is 17.0 Å². The number of carbonyl (C=O) groups excluding carboxylic acids is 1. The Morgan fingerprint density at radius 3 is 2.65 bits per heavy atom. The summed E-state index contributed by atoms with van der Waals surface area (Å²) < 4.78 is 38.5. The first-order valence-corrected chi connectivity index (χ1v) is 10.0. The molecule has 0 aliphatic rings. The summed E-state index contributed by atoms with van der Waals surface area (Å²) in [6.07, 6.45) is -3.12. The number of nitrogens with zero attached hydrogens (tertiary/aromatic N) is 2. The number of anilines is 3. The Balaban J connectivity index is 1.53. The lowest BCUT2D eigenvalue weighted by atomic mass is 10.1. The number of aromatic nitrogens is 2. The van der Waals surface area contributed by atoms with Crippen molar-refractivity contribution in [3.63, 3.8) is 0 Å². The summed E-state index contributed by atoms with van der Waals surface area (Å²) in [6, 6.07) is 8.58. The summed E-state index contributed by atoms with van der Waals surface area (Å²) in [4.78, 5) is 21.2. The number of nitrogens with two attached hydrogens (primary N) is 1. The monoisotopic (exact) mass is 463 g/mol. The van der Waals surface area contributed by atoms with Gasteiger partial charge in [-0.3, -0.25) is 0 Å². The lowest BCUT2D eigenvalue weighted by Gasteiger charge is -2.12. The molecule has 0 spiro atoms. The van der Waals surface area contributed by atoms with Crippen molar-refractivity contribution < 1.29 is 18.0 Å². The van der Waals surface area contributed by atoms with E-state index in [-0.39, 0.29) is 10.7 Å². The van der Waals surface area contributed by atoms with Gasteiger partial charge in [-0.2, -0.15) is 13.2 Å². The van der Waals surface area contributed by atoms with Crippen molar-refractivity contribution in [3.8, 4) is 11.1 Å². The van der Waals surface area contributed by atoms with Gasteiger partial charge in [0.2, 0.25) is 0 Å². The van der Waals surface area contributed by atoms with Crippen LogP contribution in [0.4, 0.5) is 35.2 Å². The zero-order chi connectivity index (χ0) is 22.2. The molecule has 0 bridgehead atoms. The van der Waals surface area contributed by atoms with Gasteiger partial charge in [0.25, 0.3) is 0 Å². The number of nitrogens with one attached hydrogen (secondary N) is 2. The Labute approximate surface area is 182 Å². The average molecular weight is 464 g/mol. The molecule has 0 aliphatic heterocycles. The molecule has 4 aromatic rings. The van der Waals surface area contributed by atoms with Gasteiger partial charge in [-0.25, -0.2) is 14.8 Å². The molecule has 0 unspecified atom stereocenters. The standard InChI is InChI=1S/C20H13ClF3N5OS/c21-14-6-10(13-8-31-18-16(13)17(25)26-9-27-18)4-5-15(14)29-19(30)28-12-3-1-2-11(7-12)20(22,23)24/h1-9H,(H2,25,26,27)(H2,28,29,30). The van der Waals surface area contributed by atoms with E-state index in [0.717, 1.165) is 28.1 Å². The molecule has 2 aromatic carbocycles. The topological polar surface area (TPSA) is 92.9 Å². The van der Waals surface area contributed by atoms with Gasteiger partial charge in [-0.15, -0.1) is 11.3 Å². The van der Waals surface area contributed by atoms with Crippen LogP contribution in [0.25, 0.3) is 21.3 Å². The second-order valence-electron chi connectivity index (χ2n) is 6.44. The van der Waals surface area contributed by atoms with E-state index in [2.05, 4.69) is 20.6 Å². The number of halogens is 4. The molecule has 2 heterocycles. The Hall–Kier alpha value is -3.37. The summed E-state index contributed by atoms with van der Waals surface area (Å²) in [5, 5.41) is 7.73. The smallest absolute Gasteiger partial charge is 0.383 e. The molecule has 4 N–H and O–H groups in total. The number of rotatable bonds is 3. The van der Waals surface area contributed by atoms with Gasteiger partial charge in [0.05, 0.1) is 21.7 Å². The second-order valence-corrected chi connectivity index (χ2v) is 7.71. The highest BCUT2D eigenvalue weighted by Gasteiger charge is 2.30. The highest BCUT2D eigenvalue weighted by atomic mass is 35.5. The van der Waals surface area contributed by atoms with E-state index in [4.69, 9.17) is 17.3 Å². The minimum atomic E-state index is -4.51. The van der Waals surface area contributed by atoms with E-state index in [1.807, 2.05) is 5.38 Å². The van der Waals surface area contributed by atoms with Gasteiger partial charge in [0, 0.05) is 16.6 Å². The SMILES string of the molecule is Nc1ncnc2scc(-c3ccc(NC(=O)Nc4cccc(C(F)(F)F)c4)c(Cl)c3)c12. The Morgan fingerprint density at radius 1 is 1.10 bits per heavy atom. The molecule has 2 amide bonds. The molecule has 0 aliphatic carbocycles. The van der Waals surface area contributed by atoms with Gasteiger partial charge >= 0.3 is 12.2 Å². The summed E-state index contributed by atoms with van der Waals surface area (Å²) in [7, 11) is 0. The molecule has 31 heavy (non-hydrogen) atoms. The highest BCUT2D eigenvalue weighted by Crippen LogP contribution is 2.37. The van der Waals surface area contributed by atoms with Crippen molar-refractivity contribution in [2.45, 2.75) is 6.18 Å². The number of alkyl halides is 3. The van der Waals surface area contributed by atoms with Crippen LogP contribution in [-0.2, 0) is 6.18 Å². The summed E-state index contributed by atoms with van der Waals surface area (Å²) >= 11 is 7.73. The number of benzene rings is 2. The molecule has 11 heteroatoms. The Bertz CT molecular complexity index is 1290. The van der Waals surface area contributed by atoms with Gasteiger partial charge in [-0.05, 0) is 35.9 Å². The van der Waals surface area contributed by atoms with Crippen LogP contribution in [0.3, 0.4) is 0 Å². The van der Waals surface area contributed by atoms with Crippen molar-refractivity contribution in [2.75, 3.05) is 16.4 Å². The lowest BCUT2D eigenvalue weighted by molar-refractivity contribution is -0.137. The first-order chi connectivity index (χ1) is 14.7. The summed E-state index contributed by atoms with van der Waals surface area (Å²) in [6.45, 7) is 0. The van der Waals surface area contributed by atoms with E-state index in [9.17, 15) is 18.0 Å². The normalized spacial score (nSPS) is 11.5. The van der Waals surface area contributed by atoms with Crippen LogP contribution in [0.15, 0.2) is 54.2 Å². The fourth-order valence-corrected chi connectivity index (χ4v) is 4.10. The largest absolute Gasteiger partial charge is 0.416 e. The number of hydrogen-bond acceptors (Lipinski definition) is 5. The first-order valence-electron chi connectivity index (χ1n) is 8.75. The maximum absolute atomic E-state index is 12.8. The molecule has 158 valence electrons. The quantitative estimate of drug-likeness (QED) is 0.334. The third kappa shape index (κ3) is 4.39. The van der Waals surface area contributed by atoms with Crippen molar-refractivity contribution >= 4 is 56.4 Å². The van der Waals surface area contributed by atoms with Crippen LogP contribution in [0.2, 0.25) is 5.02 Å². The fraction of sp³-hybridized carbons (Fsp3) is 0.0500. The number of thiophene rings is 1. The van der Waals surface area contributed by atoms with Crippen LogP contribution in [0.5, 0.6) is 0 Å². The van der Waals surface area contributed by atoms with E-state index >= 15 is 0 Å². The number of nitrogen functional groups attached to an aromatic ring is 1. The summed E-state index contributed by atoms with van der Waals surface area (Å²) in [5.74, 6) is 0.347. The lowest BCUT2D eigenvalue weighted by Crippen LogP contribution is -2.20. The third-order valence-corrected chi connectivity index (χ3v) is 5.57. The number of fused-ring (bicyclic) bond motifs is 1. The van der Waals surface area contributed by atoms with Crippen LogP contribution in [0.1, 0.15) is 5.56 Å². The molecular formula is C20H13ClF3N5OS. The van der Waals surface area contributed by atoms with E-state index < -0.39 is 17.8 Å². The zero-order valence-corrected chi connectivity index (χ0v) is 17.1. The first kappa shape index (κ1) is 20.9. The van der Waals surface area contributed by atoms with Crippen LogP contribution >= 0.6 is 22.9 Å². The Morgan fingerprint density at radius 2 is 1.90 bits per heavy atom. The number of urea groups is 1. The molecule has 0 saturated carbocycles. The second kappa shape index (κ2) is 8.05. The molecule has 2 aromatic heterocycles. The maximum Gasteiger partial charge on any atom is 0.416 e. The van der Waals surface area contributed by atoms with Gasteiger partial charge < -0.3 is 16.4 Å². The van der Waals surface area contributed by atoms with Crippen molar-refractivity contribution in [3.05, 3.63) is 64.8 Å². The molecule has 0 atom stereocenters. The minimum absolute atomic E-state index is 0.000265. The number of hydrogen-bond donors (Lipinski definition) is 3. The molecule has 0 saturated heterocycles. The zero-order valence-electron chi connectivity index (χ0n) is 15.5. The Kier molecular flexibility index (Phi) is 5.42. The van der Waals surface area contributed by atoms with Crippen LogP contribution < -0.4 is 16.4 Å². The summed E-state index contributed by atoms with van der Waals surface area (Å²) in [5.41, 5.74) is 6.96. The van der Waals surface area contributed by atoms with E-state index in [1.165, 1.54) is 29.8 Å². The van der Waals surface area contributed by atoms with Crippen LogP contribution in [0, 0.1) is 0 Å². The number of carbonyl (C=O) groups is 1. The van der Waals surface area contributed by atoms with E-state index in [1.54, 1.807) is 18.2 Å².